The lowest BCUT2D eigenvalue weighted by Crippen LogP contribution is -2.07. The van der Waals surface area contributed by atoms with Gasteiger partial charge in [0.2, 0.25) is 5.91 Å². The van der Waals surface area contributed by atoms with E-state index in [0.717, 1.165) is 15.8 Å². The summed E-state index contributed by atoms with van der Waals surface area (Å²) < 4.78 is 6.21. The van der Waals surface area contributed by atoms with Crippen LogP contribution >= 0.6 is 11.3 Å². The molecule has 2 aromatic heterocycles. The van der Waals surface area contributed by atoms with Crippen molar-refractivity contribution in [2.45, 2.75) is 13.8 Å². The van der Waals surface area contributed by atoms with E-state index in [2.05, 4.69) is 29.4 Å². The van der Waals surface area contributed by atoms with Gasteiger partial charge in [0, 0.05) is 6.08 Å². The van der Waals surface area contributed by atoms with E-state index in [0.29, 0.717) is 10.9 Å². The zero-order valence-electron chi connectivity index (χ0n) is 11.7. The highest BCUT2D eigenvalue weighted by molar-refractivity contribution is 7.22. The summed E-state index contributed by atoms with van der Waals surface area (Å²) in [6.45, 7) is 4.08. The van der Waals surface area contributed by atoms with E-state index in [1.54, 1.807) is 24.5 Å². The Bertz CT molecular complexity index is 816. The molecule has 0 unspecified atom stereocenters. The number of aromatic nitrogens is 1. The number of amides is 1. The fraction of sp³-hybridized carbons (Fsp3) is 0.125. The molecule has 21 heavy (non-hydrogen) atoms. The number of nitrogens with one attached hydrogen (secondary N) is 1. The first-order valence-corrected chi connectivity index (χ1v) is 7.34. The number of hydrogen-bond donors (Lipinski definition) is 1. The largest absolute Gasteiger partial charge is 0.465 e. The van der Waals surface area contributed by atoms with Gasteiger partial charge < -0.3 is 4.42 Å². The summed E-state index contributed by atoms with van der Waals surface area (Å²) in [4.78, 5) is 16.3. The Kier molecular flexibility index (Phi) is 3.58. The first-order valence-electron chi connectivity index (χ1n) is 6.52. The standard InChI is InChI=1S/C16H14N2O2S/c1-10-8-11(2)15-13(9-10)21-16(18-15)17-14(19)6-5-12-4-3-7-20-12/h3-9H,1-2H3,(H,17,18,19). The van der Waals surface area contributed by atoms with E-state index in [1.807, 2.05) is 6.92 Å². The van der Waals surface area contributed by atoms with Crippen molar-refractivity contribution in [2.75, 3.05) is 5.32 Å². The summed E-state index contributed by atoms with van der Waals surface area (Å²) in [6, 6.07) is 7.72. The van der Waals surface area contributed by atoms with Gasteiger partial charge in [0.15, 0.2) is 5.13 Å². The summed E-state index contributed by atoms with van der Waals surface area (Å²) >= 11 is 1.48. The zero-order chi connectivity index (χ0) is 14.8. The molecule has 106 valence electrons. The van der Waals surface area contributed by atoms with Crippen molar-refractivity contribution in [1.82, 2.24) is 4.98 Å². The number of rotatable bonds is 3. The summed E-state index contributed by atoms with van der Waals surface area (Å²) in [5, 5.41) is 3.38. The van der Waals surface area contributed by atoms with Crippen LogP contribution in [0.25, 0.3) is 16.3 Å². The third-order valence-corrected chi connectivity index (χ3v) is 3.92. The monoisotopic (exact) mass is 298 g/mol. The Morgan fingerprint density at radius 2 is 2.24 bits per heavy atom. The Labute approximate surface area is 126 Å². The number of fused-ring (bicyclic) bond motifs is 1. The SMILES string of the molecule is Cc1cc(C)c2nc(NC(=O)C=Cc3ccco3)sc2c1. The molecule has 0 bridgehead atoms. The second-order valence-corrected chi connectivity index (χ2v) is 5.82. The smallest absolute Gasteiger partial charge is 0.250 e. The number of carbonyl (C=O) groups excluding carboxylic acids is 1. The quantitative estimate of drug-likeness (QED) is 0.739. The van der Waals surface area contributed by atoms with Crippen LogP contribution in [0.2, 0.25) is 0 Å². The number of thiazole rings is 1. The second-order valence-electron chi connectivity index (χ2n) is 4.79. The van der Waals surface area contributed by atoms with Gasteiger partial charge in [-0.15, -0.1) is 0 Å². The Morgan fingerprint density at radius 1 is 1.38 bits per heavy atom. The van der Waals surface area contributed by atoms with E-state index < -0.39 is 0 Å². The predicted molar refractivity (Wildman–Crippen MR) is 85.5 cm³/mol. The first kappa shape index (κ1) is 13.6. The number of aryl methyl sites for hydroxylation is 2. The molecule has 1 amide bonds. The van der Waals surface area contributed by atoms with E-state index in [1.165, 1.54) is 23.0 Å². The normalized spacial score (nSPS) is 11.3. The van der Waals surface area contributed by atoms with Gasteiger partial charge in [-0.3, -0.25) is 10.1 Å². The number of hydrogen-bond acceptors (Lipinski definition) is 4. The molecule has 2 heterocycles. The lowest BCUT2D eigenvalue weighted by molar-refractivity contribution is -0.111. The van der Waals surface area contributed by atoms with Crippen molar-refractivity contribution < 1.29 is 9.21 Å². The highest BCUT2D eigenvalue weighted by Crippen LogP contribution is 2.29. The molecule has 4 nitrogen and oxygen atoms in total. The van der Waals surface area contributed by atoms with Crippen LogP contribution in [0.5, 0.6) is 0 Å². The third kappa shape index (κ3) is 3.03. The number of nitrogens with zero attached hydrogens (tertiary/aromatic N) is 1. The number of furan rings is 1. The van der Waals surface area contributed by atoms with Gasteiger partial charge >= 0.3 is 0 Å². The van der Waals surface area contributed by atoms with Crippen molar-refractivity contribution in [3.05, 3.63) is 53.5 Å². The summed E-state index contributed by atoms with van der Waals surface area (Å²) in [6.07, 6.45) is 4.62. The van der Waals surface area contributed by atoms with Gasteiger partial charge in [-0.2, -0.15) is 0 Å². The third-order valence-electron chi connectivity index (χ3n) is 3.00. The van der Waals surface area contributed by atoms with Crippen LogP contribution in [-0.2, 0) is 4.79 Å². The lowest BCUT2D eigenvalue weighted by atomic mass is 10.1. The number of benzene rings is 1. The predicted octanol–water partition coefficient (Wildman–Crippen LogP) is 4.16. The van der Waals surface area contributed by atoms with Crippen LogP contribution in [0.1, 0.15) is 16.9 Å². The van der Waals surface area contributed by atoms with E-state index in [-0.39, 0.29) is 5.91 Å². The van der Waals surface area contributed by atoms with E-state index in [4.69, 9.17) is 4.42 Å². The maximum absolute atomic E-state index is 11.9. The van der Waals surface area contributed by atoms with Crippen LogP contribution in [0, 0.1) is 13.8 Å². The van der Waals surface area contributed by atoms with Gasteiger partial charge in [-0.25, -0.2) is 4.98 Å². The highest BCUT2D eigenvalue weighted by atomic mass is 32.1. The van der Waals surface area contributed by atoms with Gasteiger partial charge in [0.05, 0.1) is 16.5 Å². The molecule has 3 rings (SSSR count). The van der Waals surface area contributed by atoms with Crippen LogP contribution in [0.3, 0.4) is 0 Å². The van der Waals surface area contributed by atoms with Gasteiger partial charge in [-0.05, 0) is 49.2 Å². The molecule has 0 aliphatic rings. The molecular formula is C16H14N2O2S. The average molecular weight is 298 g/mol. The Morgan fingerprint density at radius 3 is 3.00 bits per heavy atom. The molecule has 1 N–H and O–H groups in total. The molecule has 0 fully saturated rings. The molecule has 5 heteroatoms. The molecular weight excluding hydrogens is 284 g/mol. The Hall–Kier alpha value is -2.40. The zero-order valence-corrected chi connectivity index (χ0v) is 12.5. The molecule has 0 saturated heterocycles. The van der Waals surface area contributed by atoms with E-state index in [9.17, 15) is 4.79 Å². The van der Waals surface area contributed by atoms with Crippen molar-refractivity contribution >= 4 is 38.7 Å². The maximum atomic E-state index is 11.9. The minimum Gasteiger partial charge on any atom is -0.465 e. The fourth-order valence-electron chi connectivity index (χ4n) is 2.12. The summed E-state index contributed by atoms with van der Waals surface area (Å²) in [5.41, 5.74) is 3.25. The van der Waals surface area contributed by atoms with Crippen molar-refractivity contribution in [2.24, 2.45) is 0 Å². The van der Waals surface area contributed by atoms with Crippen molar-refractivity contribution in [1.29, 1.82) is 0 Å². The molecule has 3 aromatic rings. The summed E-state index contributed by atoms with van der Waals surface area (Å²) in [7, 11) is 0. The minimum atomic E-state index is -0.222. The molecule has 1 aromatic carbocycles. The van der Waals surface area contributed by atoms with Crippen LogP contribution in [0.4, 0.5) is 5.13 Å². The molecule has 0 saturated carbocycles. The van der Waals surface area contributed by atoms with Crippen molar-refractivity contribution in [3.63, 3.8) is 0 Å². The van der Waals surface area contributed by atoms with Gasteiger partial charge in [-0.1, -0.05) is 17.4 Å². The molecule has 0 aliphatic heterocycles. The van der Waals surface area contributed by atoms with Gasteiger partial charge in [0.25, 0.3) is 0 Å². The molecule has 0 atom stereocenters. The maximum Gasteiger partial charge on any atom is 0.250 e. The molecule has 0 radical (unpaired) electrons. The topological polar surface area (TPSA) is 55.1 Å². The fourth-order valence-corrected chi connectivity index (χ4v) is 3.16. The van der Waals surface area contributed by atoms with Gasteiger partial charge in [0.1, 0.15) is 5.76 Å². The molecule has 0 aliphatic carbocycles. The molecule has 0 spiro atoms. The average Bonchev–Trinajstić information content (AvgIpc) is 3.05. The van der Waals surface area contributed by atoms with Crippen LogP contribution in [0.15, 0.2) is 41.0 Å². The number of anilines is 1. The van der Waals surface area contributed by atoms with Crippen molar-refractivity contribution in [3.8, 4) is 0 Å². The van der Waals surface area contributed by atoms with E-state index >= 15 is 0 Å². The summed E-state index contributed by atoms with van der Waals surface area (Å²) in [5.74, 6) is 0.417. The second kappa shape index (κ2) is 5.54. The lowest BCUT2D eigenvalue weighted by Gasteiger charge is -1.96. The van der Waals surface area contributed by atoms with Crippen LogP contribution < -0.4 is 5.32 Å². The highest BCUT2D eigenvalue weighted by Gasteiger charge is 2.08. The van der Waals surface area contributed by atoms with Crippen LogP contribution in [-0.4, -0.2) is 10.9 Å². The number of carbonyl (C=O) groups is 1. The minimum absolute atomic E-state index is 0.222. The Balaban J connectivity index is 1.78. The first-order chi connectivity index (χ1) is 10.1.